The topological polar surface area (TPSA) is 62.9 Å². The van der Waals surface area contributed by atoms with Gasteiger partial charge >= 0.3 is 5.97 Å². The molecule has 0 spiro atoms. The zero-order valence-electron chi connectivity index (χ0n) is 12.3. The van der Waals surface area contributed by atoms with Crippen LogP contribution in [0.25, 0.3) is 0 Å². The summed E-state index contributed by atoms with van der Waals surface area (Å²) in [6.45, 7) is 2.09. The standard InChI is InChI=1S/C17H19NO4/c19-17(20)13-5-4-10-18(11-13)12-15-8-9-16(22-15)21-14-6-2-1-3-7-14/h1-3,6-9,13H,4-5,10-12H2,(H,19,20). The van der Waals surface area contributed by atoms with Crippen molar-refractivity contribution >= 4 is 5.97 Å². The van der Waals surface area contributed by atoms with Crippen LogP contribution in [0.2, 0.25) is 0 Å². The molecule has 116 valence electrons. The van der Waals surface area contributed by atoms with E-state index in [9.17, 15) is 4.79 Å². The van der Waals surface area contributed by atoms with E-state index >= 15 is 0 Å². The summed E-state index contributed by atoms with van der Waals surface area (Å²) in [5, 5.41) is 9.12. The average Bonchev–Trinajstić information content (AvgIpc) is 2.95. The summed E-state index contributed by atoms with van der Waals surface area (Å²) >= 11 is 0. The third-order valence-electron chi connectivity index (χ3n) is 3.83. The number of likely N-dealkylation sites (tertiary alicyclic amines) is 1. The van der Waals surface area contributed by atoms with Gasteiger partial charge in [0.2, 0.25) is 0 Å². The van der Waals surface area contributed by atoms with Crippen LogP contribution in [0.5, 0.6) is 11.7 Å². The van der Waals surface area contributed by atoms with Crippen LogP contribution in [-0.4, -0.2) is 29.1 Å². The fourth-order valence-corrected chi connectivity index (χ4v) is 2.72. The van der Waals surface area contributed by atoms with Crippen LogP contribution in [0, 0.1) is 5.92 Å². The number of carboxylic acids is 1. The van der Waals surface area contributed by atoms with Crippen molar-refractivity contribution in [2.24, 2.45) is 5.92 Å². The molecule has 0 aliphatic carbocycles. The van der Waals surface area contributed by atoms with Crippen LogP contribution < -0.4 is 4.74 Å². The molecule has 1 saturated heterocycles. The lowest BCUT2D eigenvalue weighted by Crippen LogP contribution is -2.38. The van der Waals surface area contributed by atoms with Crippen LogP contribution >= 0.6 is 0 Å². The third-order valence-corrected chi connectivity index (χ3v) is 3.83. The van der Waals surface area contributed by atoms with Crippen molar-refractivity contribution < 1.29 is 19.1 Å². The predicted molar refractivity (Wildman–Crippen MR) is 80.9 cm³/mol. The van der Waals surface area contributed by atoms with Crippen LogP contribution in [-0.2, 0) is 11.3 Å². The Balaban J connectivity index is 1.58. The molecule has 1 aromatic heterocycles. The van der Waals surface area contributed by atoms with Crippen molar-refractivity contribution in [1.82, 2.24) is 4.90 Å². The van der Waals surface area contributed by atoms with Gasteiger partial charge in [0.05, 0.1) is 12.5 Å². The number of aliphatic carboxylic acids is 1. The second-order valence-electron chi connectivity index (χ2n) is 5.55. The molecule has 1 aromatic carbocycles. The zero-order chi connectivity index (χ0) is 15.4. The van der Waals surface area contributed by atoms with Gasteiger partial charge in [0.15, 0.2) is 0 Å². The molecule has 1 aliphatic rings. The minimum Gasteiger partial charge on any atom is -0.481 e. The molecule has 2 heterocycles. The molecule has 22 heavy (non-hydrogen) atoms. The van der Waals surface area contributed by atoms with E-state index < -0.39 is 5.97 Å². The summed E-state index contributed by atoms with van der Waals surface area (Å²) < 4.78 is 11.3. The first kappa shape index (κ1) is 14.7. The van der Waals surface area contributed by atoms with Crippen LogP contribution in [0.1, 0.15) is 18.6 Å². The summed E-state index contributed by atoms with van der Waals surface area (Å²) in [4.78, 5) is 13.2. The Hall–Kier alpha value is -2.27. The predicted octanol–water partition coefficient (Wildman–Crippen LogP) is 3.37. The van der Waals surface area contributed by atoms with Gasteiger partial charge in [-0.2, -0.15) is 0 Å². The maximum absolute atomic E-state index is 11.1. The molecule has 1 unspecified atom stereocenters. The van der Waals surface area contributed by atoms with Crippen molar-refractivity contribution in [1.29, 1.82) is 0 Å². The summed E-state index contributed by atoms with van der Waals surface area (Å²) in [6, 6.07) is 13.1. The highest BCUT2D eigenvalue weighted by Gasteiger charge is 2.25. The van der Waals surface area contributed by atoms with E-state index in [2.05, 4.69) is 4.90 Å². The maximum atomic E-state index is 11.1. The van der Waals surface area contributed by atoms with E-state index in [0.717, 1.165) is 30.9 Å². The Kier molecular flexibility index (Phi) is 4.44. The number of hydrogen-bond donors (Lipinski definition) is 1. The number of benzene rings is 1. The smallest absolute Gasteiger partial charge is 0.307 e. The minimum absolute atomic E-state index is 0.274. The fraction of sp³-hybridized carbons (Fsp3) is 0.353. The van der Waals surface area contributed by atoms with Crippen molar-refractivity contribution in [2.75, 3.05) is 13.1 Å². The Bertz CT molecular complexity index is 623. The van der Waals surface area contributed by atoms with Gasteiger partial charge in [0.1, 0.15) is 11.5 Å². The number of furan rings is 1. The molecule has 3 rings (SSSR count). The Morgan fingerprint density at radius 2 is 2.09 bits per heavy atom. The van der Waals surface area contributed by atoms with Gasteiger partial charge in [-0.3, -0.25) is 9.69 Å². The van der Waals surface area contributed by atoms with Crippen molar-refractivity contribution in [3.8, 4) is 11.7 Å². The van der Waals surface area contributed by atoms with Crippen molar-refractivity contribution in [2.45, 2.75) is 19.4 Å². The second kappa shape index (κ2) is 6.66. The highest BCUT2D eigenvalue weighted by Crippen LogP contribution is 2.25. The number of carbonyl (C=O) groups is 1. The Morgan fingerprint density at radius 1 is 1.27 bits per heavy atom. The second-order valence-corrected chi connectivity index (χ2v) is 5.55. The largest absolute Gasteiger partial charge is 0.481 e. The van der Waals surface area contributed by atoms with Crippen molar-refractivity contribution in [3.05, 3.63) is 48.2 Å². The monoisotopic (exact) mass is 301 g/mol. The number of hydrogen-bond acceptors (Lipinski definition) is 4. The molecular weight excluding hydrogens is 282 g/mol. The van der Waals surface area contributed by atoms with Crippen LogP contribution in [0.3, 0.4) is 0 Å². The van der Waals surface area contributed by atoms with E-state index in [1.54, 1.807) is 6.07 Å². The quantitative estimate of drug-likeness (QED) is 0.917. The molecule has 1 fully saturated rings. The highest BCUT2D eigenvalue weighted by atomic mass is 16.6. The molecule has 5 nitrogen and oxygen atoms in total. The lowest BCUT2D eigenvalue weighted by atomic mass is 9.98. The Morgan fingerprint density at radius 3 is 2.86 bits per heavy atom. The summed E-state index contributed by atoms with van der Waals surface area (Å²) in [5.74, 6) is 0.985. The SMILES string of the molecule is O=C(O)C1CCCN(Cc2ccc(Oc3ccccc3)o2)C1. The summed E-state index contributed by atoms with van der Waals surface area (Å²) in [7, 11) is 0. The minimum atomic E-state index is -0.711. The maximum Gasteiger partial charge on any atom is 0.307 e. The molecule has 0 radical (unpaired) electrons. The first-order valence-electron chi connectivity index (χ1n) is 7.47. The third kappa shape index (κ3) is 3.68. The molecule has 0 saturated carbocycles. The molecular formula is C17H19NO4. The summed E-state index contributed by atoms with van der Waals surface area (Å²) in [5.41, 5.74) is 0. The number of rotatable bonds is 5. The first-order valence-corrected chi connectivity index (χ1v) is 7.47. The number of para-hydroxylation sites is 1. The molecule has 0 amide bonds. The number of piperidine rings is 1. The molecule has 5 heteroatoms. The number of nitrogens with zero attached hydrogens (tertiary/aromatic N) is 1. The fourth-order valence-electron chi connectivity index (χ4n) is 2.72. The normalized spacial score (nSPS) is 19.0. The van der Waals surface area contributed by atoms with Gasteiger partial charge in [0, 0.05) is 12.6 Å². The lowest BCUT2D eigenvalue weighted by molar-refractivity contribution is -0.143. The average molecular weight is 301 g/mol. The Labute approximate surface area is 129 Å². The van der Waals surface area contributed by atoms with E-state index in [4.69, 9.17) is 14.3 Å². The van der Waals surface area contributed by atoms with Crippen molar-refractivity contribution in [3.63, 3.8) is 0 Å². The highest BCUT2D eigenvalue weighted by molar-refractivity contribution is 5.70. The number of carboxylic acid groups (broad SMARTS) is 1. The van der Waals surface area contributed by atoms with Crippen LogP contribution in [0.4, 0.5) is 0 Å². The lowest BCUT2D eigenvalue weighted by Gasteiger charge is -2.29. The van der Waals surface area contributed by atoms with E-state index in [1.807, 2.05) is 36.4 Å². The van der Waals surface area contributed by atoms with Gasteiger partial charge in [0.25, 0.3) is 5.95 Å². The summed E-state index contributed by atoms with van der Waals surface area (Å²) in [6.07, 6.45) is 1.66. The molecule has 1 aliphatic heterocycles. The van der Waals surface area contributed by atoms with Gasteiger partial charge in [-0.05, 0) is 37.6 Å². The van der Waals surface area contributed by atoms with Gasteiger partial charge < -0.3 is 14.3 Å². The molecule has 0 bridgehead atoms. The molecule has 2 aromatic rings. The number of ether oxygens (including phenoxy) is 1. The van der Waals surface area contributed by atoms with Gasteiger partial charge in [-0.25, -0.2) is 0 Å². The van der Waals surface area contributed by atoms with E-state index in [0.29, 0.717) is 19.0 Å². The van der Waals surface area contributed by atoms with E-state index in [1.165, 1.54) is 0 Å². The van der Waals surface area contributed by atoms with Crippen LogP contribution in [0.15, 0.2) is 46.9 Å². The van der Waals surface area contributed by atoms with E-state index in [-0.39, 0.29) is 5.92 Å². The molecule has 1 N–H and O–H groups in total. The van der Waals surface area contributed by atoms with Gasteiger partial charge in [-0.15, -0.1) is 0 Å². The van der Waals surface area contributed by atoms with Gasteiger partial charge in [-0.1, -0.05) is 18.2 Å². The zero-order valence-corrected chi connectivity index (χ0v) is 12.3. The first-order chi connectivity index (χ1) is 10.7. The molecule has 1 atom stereocenters.